The summed E-state index contributed by atoms with van der Waals surface area (Å²) in [5, 5.41) is 5.63. The number of benzene rings is 1. The van der Waals surface area contributed by atoms with Crippen LogP contribution in [-0.2, 0) is 46.4 Å². The number of hydrazine groups is 1. The number of esters is 1. The van der Waals surface area contributed by atoms with Gasteiger partial charge in [-0.25, -0.2) is 5.43 Å². The number of aromatic nitrogens is 2. The van der Waals surface area contributed by atoms with E-state index in [1.165, 1.54) is 21.5 Å². The Bertz CT molecular complexity index is 2250. The first-order valence-electron chi connectivity index (χ1n) is 23.2. The van der Waals surface area contributed by atoms with Crippen molar-refractivity contribution in [2.45, 2.75) is 117 Å². The molecule has 0 radical (unpaired) electrons. The molecular formula is C49H68N8O7. The number of likely N-dealkylation sites (tertiary alicyclic amines) is 1. The van der Waals surface area contributed by atoms with Gasteiger partial charge in [-0.2, -0.15) is 0 Å². The highest BCUT2D eigenvalue weighted by Gasteiger charge is 2.41. The Kier molecular flexibility index (Phi) is 14.2. The Morgan fingerprint density at radius 3 is 2.58 bits per heavy atom. The van der Waals surface area contributed by atoms with Gasteiger partial charge in [-0.3, -0.25) is 34.0 Å². The van der Waals surface area contributed by atoms with Crippen LogP contribution in [-0.4, -0.2) is 131 Å². The number of rotatable bonds is 9. The first kappa shape index (κ1) is 46.7. The number of likely N-dealkylation sites (N-methyl/N-ethyl adjacent to an activating group) is 1. The van der Waals surface area contributed by atoms with Crippen molar-refractivity contribution < 1.29 is 33.4 Å². The number of cyclic esters (lactones) is 1. The van der Waals surface area contributed by atoms with E-state index in [4.69, 9.17) is 14.5 Å². The van der Waals surface area contributed by atoms with Crippen LogP contribution in [0.25, 0.3) is 22.2 Å². The van der Waals surface area contributed by atoms with Crippen LogP contribution in [0, 0.1) is 17.3 Å². The summed E-state index contributed by atoms with van der Waals surface area (Å²) in [6, 6.07) is 8.07. The SMILES string of the molecule is C=CC(=O)N1CC[C@H](C(=O)N(C)C(C(=O)N[C@H]2C[C@H]3CN(CCO3)c3ccc4c(c3)c(c(-c3cccnc3C(C)C)n4CC)CC(C)(C)COC(=O)[C@@H]3CCCN(N3)C2=O)C(C)C)C1. The summed E-state index contributed by atoms with van der Waals surface area (Å²) in [5.41, 5.74) is 9.26. The molecule has 6 bridgehead atoms. The second kappa shape index (κ2) is 19.4. The zero-order valence-corrected chi connectivity index (χ0v) is 39.0. The number of morpholine rings is 1. The molecule has 3 saturated heterocycles. The first-order valence-corrected chi connectivity index (χ1v) is 23.2. The molecule has 15 nitrogen and oxygen atoms in total. The van der Waals surface area contributed by atoms with Crippen molar-refractivity contribution in [3.63, 3.8) is 0 Å². The maximum absolute atomic E-state index is 14.7. The molecule has 3 aromatic rings. The second-order valence-electron chi connectivity index (χ2n) is 19.5. The van der Waals surface area contributed by atoms with Crippen LogP contribution in [0.1, 0.15) is 91.3 Å². The Morgan fingerprint density at radius 1 is 1.08 bits per heavy atom. The number of pyridine rings is 1. The molecule has 2 N–H and O–H groups in total. The highest BCUT2D eigenvalue weighted by molar-refractivity contribution is 5.95. The fraction of sp³-hybridized carbons (Fsp3) is 0.592. The zero-order valence-electron chi connectivity index (χ0n) is 39.0. The van der Waals surface area contributed by atoms with Crippen LogP contribution >= 0.6 is 0 Å². The standard InChI is InChI=1S/C49H68N8O7/c1-10-41(58)55-21-18-32(27-55)46(60)53(9)43(31(5)6)45(59)51-39-25-34-28-54(22-23-63-34)33-16-17-40-36(24-33)37(44(56(40)11-2)35-14-12-19-50-42(35)30(3)4)26-49(7,8)29-64-48(62)38-15-13-20-57(52-38)47(39)61/h10,12,14,16-17,19,24,30-32,34,38-39,43,52H,1,11,13,15,18,20-23,25-29H2,2-9H3,(H,51,59)/t32-,34-,38-,39-,43?/m0/s1. The monoisotopic (exact) mass is 881 g/mol. The van der Waals surface area contributed by atoms with Crippen molar-refractivity contribution in [3.05, 3.63) is 60.4 Å². The van der Waals surface area contributed by atoms with Gasteiger partial charge in [0.25, 0.3) is 5.91 Å². The lowest BCUT2D eigenvalue weighted by Crippen LogP contribution is -2.62. The van der Waals surface area contributed by atoms with E-state index in [2.05, 4.69) is 85.7 Å². The number of anilines is 1. The van der Waals surface area contributed by atoms with Crippen molar-refractivity contribution in [1.29, 1.82) is 0 Å². The third-order valence-corrected chi connectivity index (χ3v) is 13.4. The number of ether oxygens (including phenoxy) is 2. The molecule has 1 unspecified atom stereocenters. The largest absolute Gasteiger partial charge is 0.464 e. The molecular weight excluding hydrogens is 813 g/mol. The molecule has 5 atom stereocenters. The number of nitrogens with one attached hydrogen (secondary N) is 2. The van der Waals surface area contributed by atoms with Crippen LogP contribution in [0.3, 0.4) is 0 Å². The summed E-state index contributed by atoms with van der Waals surface area (Å²) in [6.07, 6.45) is 4.98. The maximum atomic E-state index is 14.7. The Hall–Kier alpha value is -5.28. The normalized spacial score (nSPS) is 23.5. The van der Waals surface area contributed by atoms with Crippen LogP contribution in [0.15, 0.2) is 49.2 Å². The summed E-state index contributed by atoms with van der Waals surface area (Å²) in [6.45, 7) is 21.5. The number of aryl methyl sites for hydroxylation is 1. The van der Waals surface area contributed by atoms with Gasteiger partial charge in [0, 0.05) is 86.5 Å². The molecule has 64 heavy (non-hydrogen) atoms. The highest BCUT2D eigenvalue weighted by Crippen LogP contribution is 2.42. The molecule has 346 valence electrons. The van der Waals surface area contributed by atoms with E-state index in [-0.39, 0.29) is 43.2 Å². The third-order valence-electron chi connectivity index (χ3n) is 13.4. The van der Waals surface area contributed by atoms with Crippen molar-refractivity contribution in [2.75, 3.05) is 57.9 Å². The molecule has 6 heterocycles. The molecule has 0 saturated carbocycles. The van der Waals surface area contributed by atoms with Crippen molar-refractivity contribution in [3.8, 4) is 11.3 Å². The Balaban J connectivity index is 1.24. The van der Waals surface area contributed by atoms with Gasteiger partial charge in [0.15, 0.2) is 0 Å². The van der Waals surface area contributed by atoms with Gasteiger partial charge in [0.2, 0.25) is 17.7 Å². The molecule has 3 fully saturated rings. The Morgan fingerprint density at radius 2 is 1.86 bits per heavy atom. The van der Waals surface area contributed by atoms with E-state index < -0.39 is 53.3 Å². The molecule has 4 amide bonds. The van der Waals surface area contributed by atoms with Crippen molar-refractivity contribution in [2.24, 2.45) is 17.3 Å². The minimum absolute atomic E-state index is 0.162. The number of carbonyl (C=O) groups excluding carboxylic acids is 5. The molecule has 2 aromatic heterocycles. The maximum Gasteiger partial charge on any atom is 0.324 e. The van der Waals surface area contributed by atoms with Crippen molar-refractivity contribution >= 4 is 46.2 Å². The van der Waals surface area contributed by atoms with E-state index in [1.807, 2.05) is 26.1 Å². The topological polar surface area (TPSA) is 159 Å². The summed E-state index contributed by atoms with van der Waals surface area (Å²) in [5.74, 6) is -2.33. The smallest absolute Gasteiger partial charge is 0.324 e. The zero-order chi connectivity index (χ0) is 46.0. The van der Waals surface area contributed by atoms with Gasteiger partial charge >= 0.3 is 5.97 Å². The van der Waals surface area contributed by atoms with E-state index in [0.29, 0.717) is 58.5 Å². The molecule has 1 aromatic carbocycles. The number of carbonyl (C=O) groups is 5. The molecule has 4 aliphatic heterocycles. The van der Waals surface area contributed by atoms with Crippen LogP contribution in [0.5, 0.6) is 0 Å². The van der Waals surface area contributed by atoms with Gasteiger partial charge in [-0.05, 0) is 86.4 Å². The van der Waals surface area contributed by atoms with E-state index >= 15 is 0 Å². The average Bonchev–Trinajstić information content (AvgIpc) is 3.90. The molecule has 15 heteroatoms. The fourth-order valence-corrected chi connectivity index (χ4v) is 10.2. The molecule has 4 aliphatic rings. The number of nitrogens with zero attached hydrogens (tertiary/aromatic N) is 6. The van der Waals surface area contributed by atoms with Gasteiger partial charge < -0.3 is 34.1 Å². The quantitative estimate of drug-likeness (QED) is 0.220. The van der Waals surface area contributed by atoms with Crippen LogP contribution in [0.4, 0.5) is 5.69 Å². The summed E-state index contributed by atoms with van der Waals surface area (Å²) < 4.78 is 14.9. The lowest BCUT2D eigenvalue weighted by Gasteiger charge is -2.39. The number of hydrogen-bond acceptors (Lipinski definition) is 10. The third kappa shape index (κ3) is 9.70. The highest BCUT2D eigenvalue weighted by atomic mass is 16.5. The van der Waals surface area contributed by atoms with Gasteiger partial charge in [-0.1, -0.05) is 48.1 Å². The molecule has 7 rings (SSSR count). The molecule has 0 aliphatic carbocycles. The van der Waals surface area contributed by atoms with Crippen molar-refractivity contribution in [1.82, 2.24) is 35.1 Å². The van der Waals surface area contributed by atoms with E-state index in [9.17, 15) is 24.0 Å². The minimum Gasteiger partial charge on any atom is -0.464 e. The van der Waals surface area contributed by atoms with Gasteiger partial charge in [-0.15, -0.1) is 0 Å². The minimum atomic E-state index is -1.04. The average molecular weight is 881 g/mol. The first-order chi connectivity index (χ1) is 30.5. The van der Waals surface area contributed by atoms with Gasteiger partial charge in [0.05, 0.1) is 36.6 Å². The number of hydrogen-bond donors (Lipinski definition) is 2. The van der Waals surface area contributed by atoms with Crippen LogP contribution in [0.2, 0.25) is 0 Å². The fourth-order valence-electron chi connectivity index (χ4n) is 10.2. The van der Waals surface area contributed by atoms with Crippen LogP contribution < -0.4 is 15.6 Å². The lowest BCUT2D eigenvalue weighted by atomic mass is 9.84. The predicted molar refractivity (Wildman–Crippen MR) is 246 cm³/mol. The summed E-state index contributed by atoms with van der Waals surface area (Å²) >= 11 is 0. The summed E-state index contributed by atoms with van der Waals surface area (Å²) in [7, 11) is 1.61. The predicted octanol–water partition coefficient (Wildman–Crippen LogP) is 5.07. The van der Waals surface area contributed by atoms with Gasteiger partial charge in [0.1, 0.15) is 18.1 Å². The second-order valence-corrected chi connectivity index (χ2v) is 19.5. The summed E-state index contributed by atoms with van der Waals surface area (Å²) in [4.78, 5) is 79.5. The Labute approximate surface area is 377 Å². The number of amides is 4. The van der Waals surface area contributed by atoms with E-state index in [0.717, 1.165) is 40.1 Å². The molecule has 0 spiro atoms. The number of fused-ring (bicyclic) bond motifs is 6. The lowest BCUT2D eigenvalue weighted by molar-refractivity contribution is -0.156. The van der Waals surface area contributed by atoms with E-state index in [1.54, 1.807) is 11.9 Å².